The van der Waals surface area contributed by atoms with Crippen molar-refractivity contribution < 1.29 is 9.53 Å². The number of hydrogen-bond acceptors (Lipinski definition) is 4. The molecular weight excluding hydrogens is 248 g/mol. The van der Waals surface area contributed by atoms with Gasteiger partial charge in [-0.3, -0.25) is 4.79 Å². The van der Waals surface area contributed by atoms with Crippen molar-refractivity contribution >= 4 is 17.7 Å². The molecule has 0 aromatic rings. The molecule has 2 saturated heterocycles. The van der Waals surface area contributed by atoms with E-state index < -0.39 is 0 Å². The molecule has 2 unspecified atom stereocenters. The number of nitrogens with zero attached hydrogens (tertiary/aromatic N) is 1. The highest BCUT2D eigenvalue weighted by Crippen LogP contribution is 2.30. The van der Waals surface area contributed by atoms with Crippen LogP contribution in [0.4, 0.5) is 0 Å². The van der Waals surface area contributed by atoms with Crippen molar-refractivity contribution in [3.63, 3.8) is 0 Å². The monoisotopic (exact) mass is 272 g/mol. The molecule has 2 aliphatic rings. The maximum absolute atomic E-state index is 12.6. The third-order valence-electron chi connectivity index (χ3n) is 3.79. The van der Waals surface area contributed by atoms with E-state index in [1.165, 1.54) is 18.6 Å². The summed E-state index contributed by atoms with van der Waals surface area (Å²) in [5.74, 6) is 1.42. The summed E-state index contributed by atoms with van der Waals surface area (Å²) in [7, 11) is 1.83. The van der Waals surface area contributed by atoms with Crippen LogP contribution in [0, 0.1) is 0 Å². The fraction of sp³-hybridized carbons (Fsp3) is 0.923. The van der Waals surface area contributed by atoms with E-state index in [1.807, 2.05) is 23.7 Å². The molecule has 0 saturated carbocycles. The summed E-state index contributed by atoms with van der Waals surface area (Å²) in [6.45, 7) is 6.16. The number of rotatable bonds is 3. The zero-order valence-electron chi connectivity index (χ0n) is 11.6. The minimum absolute atomic E-state index is 0.188. The summed E-state index contributed by atoms with van der Waals surface area (Å²) in [5, 5.41) is 3.66. The Hall–Kier alpha value is -0.260. The Labute approximate surface area is 114 Å². The first-order chi connectivity index (χ1) is 8.54. The van der Waals surface area contributed by atoms with Gasteiger partial charge in [-0.15, -0.1) is 0 Å². The largest absolute Gasteiger partial charge is 0.377 e. The second-order valence-corrected chi connectivity index (χ2v) is 7.16. The molecule has 0 bridgehead atoms. The zero-order chi connectivity index (χ0) is 13.2. The molecule has 2 fully saturated rings. The number of amides is 1. The minimum Gasteiger partial charge on any atom is -0.377 e. The van der Waals surface area contributed by atoms with Gasteiger partial charge in [-0.25, -0.2) is 0 Å². The van der Waals surface area contributed by atoms with E-state index in [2.05, 4.69) is 19.2 Å². The molecular formula is C13H24N2O2S. The summed E-state index contributed by atoms with van der Waals surface area (Å²) >= 11 is 2.00. The van der Waals surface area contributed by atoms with Crippen LogP contribution in [-0.4, -0.2) is 60.2 Å². The van der Waals surface area contributed by atoms with E-state index in [0.29, 0.717) is 18.5 Å². The summed E-state index contributed by atoms with van der Waals surface area (Å²) in [6.07, 6.45) is 2.51. The second-order valence-electron chi connectivity index (χ2n) is 5.75. The van der Waals surface area contributed by atoms with Crippen LogP contribution in [0.15, 0.2) is 0 Å². The molecule has 2 heterocycles. The summed E-state index contributed by atoms with van der Waals surface area (Å²) in [5.41, 5.74) is -0.203. The average Bonchev–Trinajstić information content (AvgIpc) is 2.80. The first-order valence-electron chi connectivity index (χ1n) is 6.72. The summed E-state index contributed by atoms with van der Waals surface area (Å²) < 4.78 is 5.65. The molecule has 4 nitrogen and oxygen atoms in total. The molecule has 1 amide bonds. The van der Waals surface area contributed by atoms with Gasteiger partial charge in [-0.1, -0.05) is 0 Å². The van der Waals surface area contributed by atoms with Crippen molar-refractivity contribution in [3.05, 3.63) is 0 Å². The van der Waals surface area contributed by atoms with Gasteiger partial charge in [0.25, 0.3) is 0 Å². The van der Waals surface area contributed by atoms with E-state index >= 15 is 0 Å². The SMILES string of the molecule is CNC1COCC(C)(C)N(CC2CCCS2)C1=O. The number of likely N-dealkylation sites (N-methyl/N-ethyl adjacent to an activating group) is 1. The second kappa shape index (κ2) is 5.80. The number of hydrogen-bond donors (Lipinski definition) is 1. The van der Waals surface area contributed by atoms with Crippen molar-refractivity contribution in [2.75, 3.05) is 32.6 Å². The van der Waals surface area contributed by atoms with Crippen LogP contribution in [0.1, 0.15) is 26.7 Å². The standard InChI is InChI=1S/C13H24N2O2S/c1-13(2)9-17-8-11(14-3)12(16)15(13)7-10-5-4-6-18-10/h10-11,14H,4-9H2,1-3H3. The molecule has 2 atom stereocenters. The van der Waals surface area contributed by atoms with Crippen molar-refractivity contribution in [2.24, 2.45) is 0 Å². The normalized spacial score (nSPS) is 32.6. The maximum atomic E-state index is 12.6. The third-order valence-corrected chi connectivity index (χ3v) is 5.17. The lowest BCUT2D eigenvalue weighted by Crippen LogP contribution is -2.55. The fourth-order valence-electron chi connectivity index (χ4n) is 2.60. The Kier molecular flexibility index (Phi) is 4.56. The van der Waals surface area contributed by atoms with E-state index in [1.54, 1.807) is 0 Å². The average molecular weight is 272 g/mol. The van der Waals surface area contributed by atoms with Gasteiger partial charge in [0.1, 0.15) is 6.04 Å². The molecule has 1 N–H and O–H groups in total. The van der Waals surface area contributed by atoms with Crippen LogP contribution in [-0.2, 0) is 9.53 Å². The Bertz CT molecular complexity index is 303. The predicted molar refractivity (Wildman–Crippen MR) is 74.9 cm³/mol. The lowest BCUT2D eigenvalue weighted by Gasteiger charge is -2.38. The molecule has 0 radical (unpaired) electrons. The highest BCUT2D eigenvalue weighted by Gasteiger charge is 2.39. The van der Waals surface area contributed by atoms with E-state index in [4.69, 9.17) is 4.74 Å². The molecule has 104 valence electrons. The third kappa shape index (κ3) is 3.00. The number of nitrogens with one attached hydrogen (secondary N) is 1. The van der Waals surface area contributed by atoms with Gasteiger partial charge in [0.15, 0.2) is 0 Å². The van der Waals surface area contributed by atoms with E-state index in [-0.39, 0.29) is 17.5 Å². The number of ether oxygens (including phenoxy) is 1. The van der Waals surface area contributed by atoms with Crippen molar-refractivity contribution in [1.29, 1.82) is 0 Å². The number of carbonyl (C=O) groups excluding carboxylic acids is 1. The van der Waals surface area contributed by atoms with Gasteiger partial charge >= 0.3 is 0 Å². The molecule has 0 aromatic heterocycles. The topological polar surface area (TPSA) is 41.6 Å². The highest BCUT2D eigenvalue weighted by molar-refractivity contribution is 8.00. The van der Waals surface area contributed by atoms with Gasteiger partial charge in [-0.05, 0) is 39.5 Å². The predicted octanol–water partition coefficient (Wildman–Crippen LogP) is 1.11. The molecule has 0 aliphatic carbocycles. The summed E-state index contributed by atoms with van der Waals surface area (Å²) in [6, 6.07) is -0.196. The Morgan fingerprint density at radius 1 is 1.56 bits per heavy atom. The van der Waals surface area contributed by atoms with E-state index in [9.17, 15) is 4.79 Å². The molecule has 0 aromatic carbocycles. The fourth-order valence-corrected chi connectivity index (χ4v) is 3.85. The molecule has 0 spiro atoms. The Morgan fingerprint density at radius 2 is 2.33 bits per heavy atom. The number of thioether (sulfide) groups is 1. The minimum atomic E-state index is -0.203. The van der Waals surface area contributed by atoms with Crippen LogP contribution < -0.4 is 5.32 Å². The first kappa shape index (κ1) is 14.2. The van der Waals surface area contributed by atoms with Crippen molar-refractivity contribution in [2.45, 2.75) is 43.5 Å². The van der Waals surface area contributed by atoms with Crippen molar-refractivity contribution in [3.8, 4) is 0 Å². The van der Waals surface area contributed by atoms with Crippen molar-refractivity contribution in [1.82, 2.24) is 10.2 Å². The Morgan fingerprint density at radius 3 is 2.94 bits per heavy atom. The molecule has 18 heavy (non-hydrogen) atoms. The van der Waals surface area contributed by atoms with E-state index in [0.717, 1.165) is 6.54 Å². The molecule has 5 heteroatoms. The molecule has 2 rings (SSSR count). The number of carbonyl (C=O) groups is 1. The zero-order valence-corrected chi connectivity index (χ0v) is 12.4. The van der Waals surface area contributed by atoms with Gasteiger partial charge in [0.2, 0.25) is 5.91 Å². The highest BCUT2D eigenvalue weighted by atomic mass is 32.2. The van der Waals surface area contributed by atoms with Crippen LogP contribution >= 0.6 is 11.8 Å². The quantitative estimate of drug-likeness (QED) is 0.835. The first-order valence-corrected chi connectivity index (χ1v) is 7.77. The lowest BCUT2D eigenvalue weighted by atomic mass is 10.0. The van der Waals surface area contributed by atoms with Crippen LogP contribution in [0.3, 0.4) is 0 Å². The summed E-state index contributed by atoms with van der Waals surface area (Å²) in [4.78, 5) is 14.6. The molecule has 2 aliphatic heterocycles. The van der Waals surface area contributed by atoms with Crippen LogP contribution in [0.5, 0.6) is 0 Å². The lowest BCUT2D eigenvalue weighted by molar-refractivity contribution is -0.137. The van der Waals surface area contributed by atoms with Crippen LogP contribution in [0.2, 0.25) is 0 Å². The van der Waals surface area contributed by atoms with Gasteiger partial charge in [-0.2, -0.15) is 11.8 Å². The Balaban J connectivity index is 2.11. The van der Waals surface area contributed by atoms with Crippen LogP contribution in [0.25, 0.3) is 0 Å². The van der Waals surface area contributed by atoms with Gasteiger partial charge in [0, 0.05) is 11.8 Å². The smallest absolute Gasteiger partial charge is 0.242 e. The van der Waals surface area contributed by atoms with Gasteiger partial charge < -0.3 is 15.0 Å². The maximum Gasteiger partial charge on any atom is 0.242 e. The van der Waals surface area contributed by atoms with Gasteiger partial charge in [0.05, 0.1) is 18.8 Å².